The van der Waals surface area contributed by atoms with Gasteiger partial charge in [0.1, 0.15) is 17.6 Å². The second kappa shape index (κ2) is 7.34. The summed E-state index contributed by atoms with van der Waals surface area (Å²) in [5.74, 6) is 1.59. The maximum absolute atomic E-state index is 6.05. The second-order valence-electron chi connectivity index (χ2n) is 4.85. The van der Waals surface area contributed by atoms with Crippen molar-refractivity contribution in [3.63, 3.8) is 0 Å². The standard InChI is InChI=1S/C17H20ClNO2/c1-3-20-15-8-10-16(11-9-15)21-17(12(2)19)13-4-6-14(18)7-5-13/h4-12,17H,3,19H2,1-2H3. The van der Waals surface area contributed by atoms with Crippen LogP contribution < -0.4 is 15.2 Å². The Kier molecular flexibility index (Phi) is 5.48. The number of hydrogen-bond donors (Lipinski definition) is 1. The Balaban J connectivity index is 2.14. The van der Waals surface area contributed by atoms with E-state index < -0.39 is 0 Å². The Morgan fingerprint density at radius 3 is 2.10 bits per heavy atom. The number of hydrogen-bond acceptors (Lipinski definition) is 3. The molecule has 0 aromatic heterocycles. The first-order valence-corrected chi connectivity index (χ1v) is 7.38. The number of benzene rings is 2. The van der Waals surface area contributed by atoms with Gasteiger partial charge in [0.05, 0.1) is 6.61 Å². The average molecular weight is 306 g/mol. The van der Waals surface area contributed by atoms with Gasteiger partial charge in [0, 0.05) is 11.1 Å². The van der Waals surface area contributed by atoms with E-state index in [-0.39, 0.29) is 12.1 Å². The molecule has 112 valence electrons. The number of nitrogens with two attached hydrogens (primary N) is 1. The fourth-order valence-electron chi connectivity index (χ4n) is 2.06. The Labute approximate surface area is 130 Å². The molecule has 2 aromatic carbocycles. The van der Waals surface area contributed by atoms with E-state index >= 15 is 0 Å². The fraction of sp³-hybridized carbons (Fsp3) is 0.294. The molecule has 0 aliphatic carbocycles. The lowest BCUT2D eigenvalue weighted by Gasteiger charge is -2.23. The molecule has 2 N–H and O–H groups in total. The van der Waals surface area contributed by atoms with Gasteiger partial charge in [-0.05, 0) is 55.8 Å². The summed E-state index contributed by atoms with van der Waals surface area (Å²) in [5.41, 5.74) is 7.05. The minimum absolute atomic E-state index is 0.141. The van der Waals surface area contributed by atoms with Gasteiger partial charge < -0.3 is 15.2 Å². The van der Waals surface area contributed by atoms with Crippen LogP contribution in [0.1, 0.15) is 25.5 Å². The van der Waals surface area contributed by atoms with Crippen molar-refractivity contribution in [2.45, 2.75) is 26.0 Å². The molecule has 0 aliphatic rings. The van der Waals surface area contributed by atoms with Gasteiger partial charge in [-0.3, -0.25) is 0 Å². The zero-order chi connectivity index (χ0) is 15.2. The van der Waals surface area contributed by atoms with Crippen molar-refractivity contribution in [1.82, 2.24) is 0 Å². The molecule has 2 aromatic rings. The normalized spacial score (nSPS) is 13.5. The zero-order valence-corrected chi connectivity index (χ0v) is 13.0. The van der Waals surface area contributed by atoms with Crippen molar-refractivity contribution in [2.75, 3.05) is 6.61 Å². The highest BCUT2D eigenvalue weighted by Crippen LogP contribution is 2.26. The molecule has 2 unspecified atom stereocenters. The van der Waals surface area contributed by atoms with Gasteiger partial charge in [0.2, 0.25) is 0 Å². The lowest BCUT2D eigenvalue weighted by Crippen LogP contribution is -2.29. The van der Waals surface area contributed by atoms with Crippen LogP contribution in [0.5, 0.6) is 11.5 Å². The molecule has 4 heteroatoms. The molecular formula is C17H20ClNO2. The molecule has 0 amide bonds. The summed E-state index contributed by atoms with van der Waals surface area (Å²) in [7, 11) is 0. The fourth-order valence-corrected chi connectivity index (χ4v) is 2.19. The highest BCUT2D eigenvalue weighted by atomic mass is 35.5. The van der Waals surface area contributed by atoms with Crippen LogP contribution >= 0.6 is 11.6 Å². The molecule has 21 heavy (non-hydrogen) atoms. The monoisotopic (exact) mass is 305 g/mol. The van der Waals surface area contributed by atoms with E-state index in [1.54, 1.807) is 0 Å². The molecular weight excluding hydrogens is 286 g/mol. The summed E-state index contributed by atoms with van der Waals surface area (Å²) >= 11 is 5.92. The van der Waals surface area contributed by atoms with Gasteiger partial charge in [0.25, 0.3) is 0 Å². The van der Waals surface area contributed by atoms with E-state index in [1.807, 2.05) is 62.4 Å². The predicted octanol–water partition coefficient (Wildman–Crippen LogP) is 4.21. The van der Waals surface area contributed by atoms with Crippen LogP contribution in [-0.4, -0.2) is 12.6 Å². The summed E-state index contributed by atoms with van der Waals surface area (Å²) in [6, 6.07) is 15.0. The van der Waals surface area contributed by atoms with E-state index in [2.05, 4.69) is 0 Å². The largest absolute Gasteiger partial charge is 0.494 e. The Hall–Kier alpha value is -1.71. The molecule has 0 fully saturated rings. The van der Waals surface area contributed by atoms with Crippen LogP contribution in [-0.2, 0) is 0 Å². The number of ether oxygens (including phenoxy) is 2. The van der Waals surface area contributed by atoms with E-state index in [4.69, 9.17) is 26.8 Å². The molecule has 0 aliphatic heterocycles. The van der Waals surface area contributed by atoms with Gasteiger partial charge in [-0.15, -0.1) is 0 Å². The van der Waals surface area contributed by atoms with Crippen molar-refractivity contribution in [1.29, 1.82) is 0 Å². The quantitative estimate of drug-likeness (QED) is 0.869. The predicted molar refractivity (Wildman–Crippen MR) is 86.1 cm³/mol. The Morgan fingerprint density at radius 1 is 1.00 bits per heavy atom. The minimum atomic E-state index is -0.222. The number of halogens is 1. The van der Waals surface area contributed by atoms with Crippen molar-refractivity contribution < 1.29 is 9.47 Å². The molecule has 3 nitrogen and oxygen atoms in total. The smallest absolute Gasteiger partial charge is 0.138 e. The van der Waals surface area contributed by atoms with Crippen LogP contribution in [0.3, 0.4) is 0 Å². The molecule has 0 bridgehead atoms. The maximum atomic E-state index is 6.05. The lowest BCUT2D eigenvalue weighted by molar-refractivity contribution is 0.180. The highest BCUT2D eigenvalue weighted by Gasteiger charge is 2.18. The van der Waals surface area contributed by atoms with Crippen LogP contribution in [0.2, 0.25) is 5.02 Å². The van der Waals surface area contributed by atoms with Crippen LogP contribution in [0.25, 0.3) is 0 Å². The van der Waals surface area contributed by atoms with Gasteiger partial charge in [-0.2, -0.15) is 0 Å². The first-order chi connectivity index (χ1) is 10.1. The first kappa shape index (κ1) is 15.7. The third-order valence-corrected chi connectivity index (χ3v) is 3.33. The molecule has 2 rings (SSSR count). The molecule has 0 spiro atoms. The summed E-state index contributed by atoms with van der Waals surface area (Å²) in [4.78, 5) is 0. The van der Waals surface area contributed by atoms with Crippen molar-refractivity contribution >= 4 is 11.6 Å². The average Bonchev–Trinajstić information content (AvgIpc) is 2.47. The molecule has 0 saturated heterocycles. The maximum Gasteiger partial charge on any atom is 0.138 e. The van der Waals surface area contributed by atoms with Gasteiger partial charge in [-0.1, -0.05) is 23.7 Å². The van der Waals surface area contributed by atoms with Crippen molar-refractivity contribution in [2.24, 2.45) is 5.73 Å². The highest BCUT2D eigenvalue weighted by molar-refractivity contribution is 6.30. The summed E-state index contributed by atoms with van der Waals surface area (Å²) in [6.07, 6.45) is -0.222. The molecule has 2 atom stereocenters. The number of rotatable bonds is 6. The van der Waals surface area contributed by atoms with E-state index in [9.17, 15) is 0 Å². The van der Waals surface area contributed by atoms with Crippen molar-refractivity contribution in [3.05, 3.63) is 59.1 Å². The van der Waals surface area contributed by atoms with Gasteiger partial charge in [0.15, 0.2) is 0 Å². The first-order valence-electron chi connectivity index (χ1n) is 7.00. The Morgan fingerprint density at radius 2 is 1.57 bits per heavy atom. The van der Waals surface area contributed by atoms with Crippen LogP contribution in [0.15, 0.2) is 48.5 Å². The molecule has 0 heterocycles. The SMILES string of the molecule is CCOc1ccc(OC(c2ccc(Cl)cc2)C(C)N)cc1. The van der Waals surface area contributed by atoms with E-state index in [1.165, 1.54) is 0 Å². The zero-order valence-electron chi connectivity index (χ0n) is 12.3. The molecule has 0 radical (unpaired) electrons. The van der Waals surface area contributed by atoms with E-state index in [0.717, 1.165) is 17.1 Å². The summed E-state index contributed by atoms with van der Waals surface area (Å²) in [6.45, 7) is 4.53. The second-order valence-corrected chi connectivity index (χ2v) is 5.29. The van der Waals surface area contributed by atoms with Crippen LogP contribution in [0, 0.1) is 0 Å². The van der Waals surface area contributed by atoms with E-state index in [0.29, 0.717) is 11.6 Å². The molecule has 0 saturated carbocycles. The third kappa shape index (κ3) is 4.38. The van der Waals surface area contributed by atoms with Gasteiger partial charge >= 0.3 is 0 Å². The third-order valence-electron chi connectivity index (χ3n) is 3.07. The summed E-state index contributed by atoms with van der Waals surface area (Å²) < 4.78 is 11.4. The Bertz CT molecular complexity index is 552. The van der Waals surface area contributed by atoms with Crippen molar-refractivity contribution in [3.8, 4) is 11.5 Å². The van der Waals surface area contributed by atoms with Crippen LogP contribution in [0.4, 0.5) is 0 Å². The van der Waals surface area contributed by atoms with Gasteiger partial charge in [-0.25, -0.2) is 0 Å². The topological polar surface area (TPSA) is 44.5 Å². The summed E-state index contributed by atoms with van der Waals surface area (Å²) in [5, 5.41) is 0.697. The minimum Gasteiger partial charge on any atom is -0.494 e. The lowest BCUT2D eigenvalue weighted by atomic mass is 10.0.